The molecule has 0 atom stereocenters. The van der Waals surface area contributed by atoms with Gasteiger partial charge in [0.25, 0.3) is 5.91 Å². The first-order chi connectivity index (χ1) is 12.2. The van der Waals surface area contributed by atoms with E-state index in [2.05, 4.69) is 4.74 Å². The Kier molecular flexibility index (Phi) is 4.74. The Bertz CT molecular complexity index is 825. The largest absolute Gasteiger partial charge is 0.439 e. The molecule has 26 heavy (non-hydrogen) atoms. The fourth-order valence-corrected chi connectivity index (χ4v) is 3.95. The minimum absolute atomic E-state index is 0.132. The molecule has 0 aliphatic carbocycles. The number of amides is 3. The van der Waals surface area contributed by atoms with Crippen LogP contribution in [0.5, 0.6) is 0 Å². The molecule has 1 aromatic rings. The molecular formula is C17H20N2O6S. The van der Waals surface area contributed by atoms with Crippen LogP contribution in [0.3, 0.4) is 0 Å². The van der Waals surface area contributed by atoms with Crippen LogP contribution in [0.4, 0.5) is 4.79 Å². The lowest BCUT2D eigenvalue weighted by Crippen LogP contribution is -2.62. The third kappa shape index (κ3) is 3.31. The zero-order valence-corrected chi connectivity index (χ0v) is 15.4. The SMILES string of the molecule is CC(C)S(=O)(=O)c1ccc(CC(=O)N2CC(N3C(=O)COC3=O)C2)cc1. The van der Waals surface area contributed by atoms with E-state index in [-0.39, 0.29) is 35.8 Å². The number of imide groups is 1. The lowest BCUT2D eigenvalue weighted by atomic mass is 10.0. The van der Waals surface area contributed by atoms with E-state index in [1.54, 1.807) is 30.9 Å². The van der Waals surface area contributed by atoms with Gasteiger partial charge in [-0.3, -0.25) is 9.59 Å². The van der Waals surface area contributed by atoms with Crippen LogP contribution in [0.25, 0.3) is 0 Å². The molecule has 9 heteroatoms. The fraction of sp³-hybridized carbons (Fsp3) is 0.471. The maximum absolute atomic E-state index is 12.3. The summed E-state index contributed by atoms with van der Waals surface area (Å²) in [5.74, 6) is -0.519. The van der Waals surface area contributed by atoms with Crippen molar-refractivity contribution in [3.05, 3.63) is 29.8 Å². The number of cyclic esters (lactones) is 1. The molecule has 0 unspecified atom stereocenters. The normalized spacial score (nSPS) is 18.3. The monoisotopic (exact) mass is 380 g/mol. The quantitative estimate of drug-likeness (QED) is 0.741. The van der Waals surface area contributed by atoms with Gasteiger partial charge in [-0.2, -0.15) is 0 Å². The molecule has 2 fully saturated rings. The summed E-state index contributed by atoms with van der Waals surface area (Å²) in [5.41, 5.74) is 0.706. The van der Waals surface area contributed by atoms with E-state index in [4.69, 9.17) is 0 Å². The van der Waals surface area contributed by atoms with Gasteiger partial charge in [-0.25, -0.2) is 18.1 Å². The highest BCUT2D eigenvalue weighted by Gasteiger charge is 2.44. The Labute approximate surface area is 151 Å². The Morgan fingerprint density at radius 3 is 2.31 bits per heavy atom. The number of hydrogen-bond acceptors (Lipinski definition) is 6. The molecule has 0 aromatic heterocycles. The van der Waals surface area contributed by atoms with Gasteiger partial charge in [-0.1, -0.05) is 12.1 Å². The second-order valence-corrected chi connectivity index (χ2v) is 9.19. The first kappa shape index (κ1) is 18.4. The van der Waals surface area contributed by atoms with Crippen LogP contribution in [0.15, 0.2) is 29.2 Å². The number of rotatable bonds is 5. The molecular weight excluding hydrogens is 360 g/mol. The van der Waals surface area contributed by atoms with Crippen LogP contribution >= 0.6 is 0 Å². The van der Waals surface area contributed by atoms with E-state index in [1.165, 1.54) is 12.1 Å². The van der Waals surface area contributed by atoms with E-state index in [9.17, 15) is 22.8 Å². The predicted octanol–water partition coefficient (Wildman–Crippen LogP) is 0.601. The van der Waals surface area contributed by atoms with Crippen LogP contribution in [-0.2, 0) is 30.6 Å². The molecule has 0 N–H and O–H groups in total. The Morgan fingerprint density at radius 2 is 1.81 bits per heavy atom. The maximum atomic E-state index is 12.3. The molecule has 2 heterocycles. The Hall–Kier alpha value is -2.42. The number of benzene rings is 1. The summed E-state index contributed by atoms with van der Waals surface area (Å²) in [7, 11) is -3.34. The van der Waals surface area contributed by atoms with Crippen molar-refractivity contribution in [1.29, 1.82) is 0 Å². The van der Waals surface area contributed by atoms with Gasteiger partial charge in [-0.15, -0.1) is 0 Å². The van der Waals surface area contributed by atoms with Gasteiger partial charge in [0.15, 0.2) is 16.4 Å². The first-order valence-electron chi connectivity index (χ1n) is 8.29. The fourth-order valence-electron chi connectivity index (χ4n) is 2.89. The van der Waals surface area contributed by atoms with Gasteiger partial charge in [0.05, 0.1) is 22.6 Å². The van der Waals surface area contributed by atoms with Crippen LogP contribution < -0.4 is 0 Å². The molecule has 0 spiro atoms. The minimum atomic E-state index is -3.34. The summed E-state index contributed by atoms with van der Waals surface area (Å²) in [4.78, 5) is 38.2. The van der Waals surface area contributed by atoms with E-state index < -0.39 is 21.2 Å². The van der Waals surface area contributed by atoms with Crippen LogP contribution in [-0.4, -0.2) is 67.1 Å². The molecule has 0 saturated carbocycles. The van der Waals surface area contributed by atoms with E-state index >= 15 is 0 Å². The molecule has 140 valence electrons. The molecule has 3 amide bonds. The average molecular weight is 380 g/mol. The van der Waals surface area contributed by atoms with Crippen molar-refractivity contribution in [2.24, 2.45) is 0 Å². The average Bonchev–Trinajstić information content (AvgIpc) is 2.86. The van der Waals surface area contributed by atoms with E-state index in [0.29, 0.717) is 18.7 Å². The number of ether oxygens (including phenoxy) is 1. The number of carbonyl (C=O) groups is 3. The van der Waals surface area contributed by atoms with Gasteiger partial charge in [-0.05, 0) is 31.5 Å². The summed E-state index contributed by atoms with van der Waals surface area (Å²) in [5, 5.41) is -0.506. The lowest BCUT2D eigenvalue weighted by molar-refractivity contribution is -0.141. The van der Waals surface area contributed by atoms with Crippen molar-refractivity contribution in [3.63, 3.8) is 0 Å². The van der Waals surface area contributed by atoms with Crippen LogP contribution in [0, 0.1) is 0 Å². The van der Waals surface area contributed by atoms with Gasteiger partial charge < -0.3 is 9.64 Å². The summed E-state index contributed by atoms with van der Waals surface area (Å²) in [6, 6.07) is 5.95. The van der Waals surface area contributed by atoms with Crippen LogP contribution in [0.2, 0.25) is 0 Å². The van der Waals surface area contributed by atoms with Gasteiger partial charge in [0.1, 0.15) is 0 Å². The first-order valence-corrected chi connectivity index (χ1v) is 9.84. The van der Waals surface area contributed by atoms with Gasteiger partial charge >= 0.3 is 6.09 Å². The van der Waals surface area contributed by atoms with E-state index in [1.807, 2.05) is 0 Å². The molecule has 2 saturated heterocycles. The predicted molar refractivity (Wildman–Crippen MR) is 91.0 cm³/mol. The molecule has 0 radical (unpaired) electrons. The number of sulfone groups is 1. The van der Waals surface area contributed by atoms with E-state index in [0.717, 1.165) is 4.90 Å². The molecule has 2 aliphatic rings. The Balaban J connectivity index is 1.57. The smallest absolute Gasteiger partial charge is 0.417 e. The highest BCUT2D eigenvalue weighted by molar-refractivity contribution is 7.92. The molecule has 8 nitrogen and oxygen atoms in total. The van der Waals surface area contributed by atoms with Gasteiger partial charge in [0, 0.05) is 13.1 Å². The molecule has 1 aromatic carbocycles. The number of likely N-dealkylation sites (tertiary alicyclic amines) is 1. The highest BCUT2D eigenvalue weighted by Crippen LogP contribution is 2.21. The zero-order chi connectivity index (χ0) is 19.1. The summed E-state index contributed by atoms with van der Waals surface area (Å²) in [6.45, 7) is 3.58. The van der Waals surface area contributed by atoms with Crippen molar-refractivity contribution < 1.29 is 27.5 Å². The maximum Gasteiger partial charge on any atom is 0.417 e. The molecule has 2 aliphatic heterocycles. The Morgan fingerprint density at radius 1 is 1.19 bits per heavy atom. The second kappa shape index (κ2) is 6.71. The summed E-state index contributed by atoms with van der Waals surface area (Å²) >= 11 is 0. The third-order valence-electron chi connectivity index (χ3n) is 4.59. The lowest BCUT2D eigenvalue weighted by Gasteiger charge is -2.42. The summed E-state index contributed by atoms with van der Waals surface area (Å²) in [6.07, 6.45) is -0.526. The standard InChI is InChI=1S/C17H20N2O6S/c1-11(2)26(23,24)14-5-3-12(4-6-14)7-15(20)18-8-13(9-18)19-16(21)10-25-17(19)22/h3-6,11,13H,7-10H2,1-2H3. The highest BCUT2D eigenvalue weighted by atomic mass is 32.2. The number of nitrogens with zero attached hydrogens (tertiary/aromatic N) is 2. The third-order valence-corrected chi connectivity index (χ3v) is 6.76. The second-order valence-electron chi connectivity index (χ2n) is 6.69. The topological polar surface area (TPSA) is 101 Å². The zero-order valence-electron chi connectivity index (χ0n) is 14.5. The minimum Gasteiger partial charge on any atom is -0.439 e. The van der Waals surface area contributed by atoms with Crippen molar-refractivity contribution in [1.82, 2.24) is 9.80 Å². The van der Waals surface area contributed by atoms with Crippen molar-refractivity contribution in [2.45, 2.75) is 36.5 Å². The molecule has 0 bridgehead atoms. The molecule has 3 rings (SSSR count). The number of hydrogen-bond donors (Lipinski definition) is 0. The summed E-state index contributed by atoms with van der Waals surface area (Å²) < 4.78 is 28.9. The van der Waals surface area contributed by atoms with Crippen molar-refractivity contribution in [3.8, 4) is 0 Å². The van der Waals surface area contributed by atoms with Gasteiger partial charge in [0.2, 0.25) is 5.91 Å². The number of carbonyl (C=O) groups excluding carboxylic acids is 3. The van der Waals surface area contributed by atoms with Crippen LogP contribution in [0.1, 0.15) is 19.4 Å². The van der Waals surface area contributed by atoms with Crippen molar-refractivity contribution >= 4 is 27.7 Å². The van der Waals surface area contributed by atoms with Crippen molar-refractivity contribution in [2.75, 3.05) is 19.7 Å².